The first-order valence-electron chi connectivity index (χ1n) is 30.3. The fraction of sp³-hybridized carbons (Fsp3) is 0.797. The van der Waals surface area contributed by atoms with Crippen LogP contribution in [0.25, 0.3) is 0 Å². The van der Waals surface area contributed by atoms with Gasteiger partial charge in [0.2, 0.25) is 0 Å². The Morgan fingerprint density at radius 1 is 0.286 bits per heavy atom. The van der Waals surface area contributed by atoms with Crippen LogP contribution in [0.4, 0.5) is 0 Å². The van der Waals surface area contributed by atoms with Crippen molar-refractivity contribution >= 4 is 17.9 Å². The monoisotopic (exact) mass is 979 g/mol. The molecule has 1 unspecified atom stereocenters. The standard InChI is InChI=1S/C64H114O6/c1-4-7-10-13-16-19-22-25-28-31-32-34-36-39-42-45-48-51-54-57-63(66)69-60-61(59-68-62(65)56-53-50-47-44-41-38-35-30-27-24-21-18-15-12-9-6-3)70-64(67)58-55-52-49-46-43-40-37-33-29-26-23-20-17-14-11-8-5-2/h16-17,19-20,25-26,28-30,35,61H,4-15,18,21-24,27,31-34,36-60H2,1-3H3/b19-16-,20-17-,28-25-,29-26-,35-30-. The lowest BCUT2D eigenvalue weighted by Gasteiger charge is -2.18. The number of allylic oxidation sites excluding steroid dienone is 10. The predicted molar refractivity (Wildman–Crippen MR) is 302 cm³/mol. The maximum absolute atomic E-state index is 12.9. The zero-order valence-corrected chi connectivity index (χ0v) is 46.5. The van der Waals surface area contributed by atoms with E-state index in [0.717, 1.165) is 83.5 Å². The number of hydrogen-bond donors (Lipinski definition) is 0. The van der Waals surface area contributed by atoms with Crippen molar-refractivity contribution in [2.45, 2.75) is 316 Å². The second-order valence-corrected chi connectivity index (χ2v) is 20.2. The Hall–Kier alpha value is -2.89. The van der Waals surface area contributed by atoms with Gasteiger partial charge in [-0.1, -0.05) is 242 Å². The van der Waals surface area contributed by atoms with E-state index in [2.05, 4.69) is 81.5 Å². The number of hydrogen-bond acceptors (Lipinski definition) is 6. The van der Waals surface area contributed by atoms with Gasteiger partial charge in [0.25, 0.3) is 0 Å². The molecule has 0 aromatic heterocycles. The smallest absolute Gasteiger partial charge is 0.306 e. The molecule has 0 spiro atoms. The third-order valence-corrected chi connectivity index (χ3v) is 13.2. The lowest BCUT2D eigenvalue weighted by molar-refractivity contribution is -0.167. The van der Waals surface area contributed by atoms with E-state index in [0.29, 0.717) is 19.3 Å². The molecule has 70 heavy (non-hydrogen) atoms. The molecule has 0 bridgehead atoms. The minimum absolute atomic E-state index is 0.0811. The van der Waals surface area contributed by atoms with E-state index < -0.39 is 6.10 Å². The Morgan fingerprint density at radius 2 is 0.514 bits per heavy atom. The van der Waals surface area contributed by atoms with Crippen LogP contribution in [0, 0.1) is 0 Å². The second-order valence-electron chi connectivity index (χ2n) is 20.2. The molecule has 0 aliphatic carbocycles. The molecular formula is C64H114O6. The molecule has 0 aliphatic heterocycles. The number of carbonyl (C=O) groups is 3. The van der Waals surface area contributed by atoms with E-state index in [1.165, 1.54) is 186 Å². The summed E-state index contributed by atoms with van der Waals surface area (Å²) in [6.07, 6.45) is 73.5. The normalized spacial score (nSPS) is 12.4. The van der Waals surface area contributed by atoms with Crippen LogP contribution >= 0.6 is 0 Å². The number of rotatable bonds is 55. The molecule has 1 atom stereocenters. The summed E-state index contributed by atoms with van der Waals surface area (Å²) in [5.74, 6) is -0.888. The minimum atomic E-state index is -0.784. The van der Waals surface area contributed by atoms with Crippen LogP contribution in [0.3, 0.4) is 0 Å². The average molecular weight is 980 g/mol. The second kappa shape index (κ2) is 58.7. The third-order valence-electron chi connectivity index (χ3n) is 13.2. The highest BCUT2D eigenvalue weighted by Gasteiger charge is 2.19. The van der Waals surface area contributed by atoms with Gasteiger partial charge in [0, 0.05) is 19.3 Å². The molecule has 0 aliphatic rings. The van der Waals surface area contributed by atoms with Crippen molar-refractivity contribution in [3.63, 3.8) is 0 Å². The summed E-state index contributed by atoms with van der Waals surface area (Å²) >= 11 is 0. The van der Waals surface area contributed by atoms with Crippen molar-refractivity contribution in [3.05, 3.63) is 60.8 Å². The highest BCUT2D eigenvalue weighted by atomic mass is 16.6. The van der Waals surface area contributed by atoms with Gasteiger partial charge in [0.1, 0.15) is 13.2 Å². The highest BCUT2D eigenvalue weighted by molar-refractivity contribution is 5.71. The van der Waals surface area contributed by atoms with E-state index in [1.807, 2.05) is 0 Å². The molecular weight excluding hydrogens is 865 g/mol. The molecule has 0 heterocycles. The Morgan fingerprint density at radius 3 is 0.829 bits per heavy atom. The van der Waals surface area contributed by atoms with Gasteiger partial charge in [0.15, 0.2) is 6.10 Å². The van der Waals surface area contributed by atoms with Crippen molar-refractivity contribution in [1.82, 2.24) is 0 Å². The van der Waals surface area contributed by atoms with Gasteiger partial charge in [0.05, 0.1) is 0 Å². The van der Waals surface area contributed by atoms with E-state index in [1.54, 1.807) is 0 Å². The Kier molecular flexibility index (Phi) is 56.3. The number of ether oxygens (including phenoxy) is 3. The summed E-state index contributed by atoms with van der Waals surface area (Å²) in [7, 11) is 0. The zero-order chi connectivity index (χ0) is 50.7. The molecule has 0 amide bonds. The Balaban J connectivity index is 4.39. The third kappa shape index (κ3) is 56.0. The minimum Gasteiger partial charge on any atom is -0.462 e. The number of unbranched alkanes of at least 4 members (excludes halogenated alkanes) is 34. The van der Waals surface area contributed by atoms with Crippen molar-refractivity contribution in [2.75, 3.05) is 13.2 Å². The topological polar surface area (TPSA) is 78.9 Å². The largest absolute Gasteiger partial charge is 0.462 e. The molecule has 6 heteroatoms. The lowest BCUT2D eigenvalue weighted by atomic mass is 10.1. The molecule has 0 aromatic rings. The first kappa shape index (κ1) is 67.1. The van der Waals surface area contributed by atoms with Crippen LogP contribution < -0.4 is 0 Å². The van der Waals surface area contributed by atoms with Gasteiger partial charge in [-0.3, -0.25) is 14.4 Å². The van der Waals surface area contributed by atoms with Crippen LogP contribution in [0.2, 0.25) is 0 Å². The molecule has 0 radical (unpaired) electrons. The predicted octanol–water partition coefficient (Wildman–Crippen LogP) is 20.4. The number of esters is 3. The van der Waals surface area contributed by atoms with E-state index in [-0.39, 0.29) is 31.1 Å². The Labute approximate surface area is 434 Å². The van der Waals surface area contributed by atoms with Crippen molar-refractivity contribution in [3.8, 4) is 0 Å². The SMILES string of the molecule is CCCCC/C=C\C/C=C\CCCCCCCCCCCC(=O)OCC(COC(=O)CCCCCCC/C=C\CCCCCCCCC)OC(=O)CCCCCCCCC/C=C\C/C=C\CCCCC. The van der Waals surface area contributed by atoms with E-state index in [9.17, 15) is 14.4 Å². The molecule has 0 saturated heterocycles. The van der Waals surface area contributed by atoms with Crippen molar-refractivity contribution in [2.24, 2.45) is 0 Å². The number of carbonyl (C=O) groups excluding carboxylic acids is 3. The van der Waals surface area contributed by atoms with E-state index in [4.69, 9.17) is 14.2 Å². The molecule has 406 valence electrons. The molecule has 0 N–H and O–H groups in total. The summed E-state index contributed by atoms with van der Waals surface area (Å²) in [6, 6.07) is 0. The van der Waals surface area contributed by atoms with E-state index >= 15 is 0 Å². The summed E-state index contributed by atoms with van der Waals surface area (Å²) < 4.78 is 16.9. The zero-order valence-electron chi connectivity index (χ0n) is 46.5. The summed E-state index contributed by atoms with van der Waals surface area (Å²) in [4.78, 5) is 38.2. The molecule has 6 nitrogen and oxygen atoms in total. The fourth-order valence-corrected chi connectivity index (χ4v) is 8.62. The first-order chi connectivity index (χ1) is 34.5. The van der Waals surface area contributed by atoms with Crippen LogP contribution in [0.1, 0.15) is 310 Å². The molecule has 0 rings (SSSR count). The van der Waals surface area contributed by atoms with Gasteiger partial charge in [-0.05, 0) is 109 Å². The summed E-state index contributed by atoms with van der Waals surface area (Å²) in [5.41, 5.74) is 0. The fourth-order valence-electron chi connectivity index (χ4n) is 8.62. The van der Waals surface area contributed by atoms with Gasteiger partial charge in [-0.2, -0.15) is 0 Å². The maximum atomic E-state index is 12.9. The molecule has 0 saturated carbocycles. The van der Waals surface area contributed by atoms with Gasteiger partial charge >= 0.3 is 17.9 Å². The van der Waals surface area contributed by atoms with Gasteiger partial charge in [-0.15, -0.1) is 0 Å². The first-order valence-corrected chi connectivity index (χ1v) is 30.3. The van der Waals surface area contributed by atoms with Crippen LogP contribution in [0.5, 0.6) is 0 Å². The average Bonchev–Trinajstić information content (AvgIpc) is 3.36. The van der Waals surface area contributed by atoms with Crippen LogP contribution in [-0.4, -0.2) is 37.2 Å². The van der Waals surface area contributed by atoms with Crippen LogP contribution in [-0.2, 0) is 28.6 Å². The molecule has 0 aromatic carbocycles. The van der Waals surface area contributed by atoms with Crippen molar-refractivity contribution in [1.29, 1.82) is 0 Å². The summed E-state index contributed by atoms with van der Waals surface area (Å²) in [6.45, 7) is 6.60. The van der Waals surface area contributed by atoms with Gasteiger partial charge in [-0.25, -0.2) is 0 Å². The Bertz CT molecular complexity index is 1260. The maximum Gasteiger partial charge on any atom is 0.306 e. The van der Waals surface area contributed by atoms with Gasteiger partial charge < -0.3 is 14.2 Å². The summed E-state index contributed by atoms with van der Waals surface area (Å²) in [5, 5.41) is 0. The molecule has 0 fully saturated rings. The highest BCUT2D eigenvalue weighted by Crippen LogP contribution is 2.16. The lowest BCUT2D eigenvalue weighted by Crippen LogP contribution is -2.30. The quantitative estimate of drug-likeness (QED) is 0.0261. The van der Waals surface area contributed by atoms with Crippen LogP contribution in [0.15, 0.2) is 60.8 Å². The van der Waals surface area contributed by atoms with Crippen molar-refractivity contribution < 1.29 is 28.6 Å².